The Morgan fingerprint density at radius 1 is 1.33 bits per heavy atom. The Morgan fingerprint density at radius 2 is 2.00 bits per heavy atom. The molecule has 0 bridgehead atoms. The summed E-state index contributed by atoms with van der Waals surface area (Å²) >= 11 is 0. The van der Waals surface area contributed by atoms with Gasteiger partial charge < -0.3 is 14.2 Å². The largest absolute Gasteiger partial charge is 0.573 e. The average molecular weight is 264 g/mol. The van der Waals surface area contributed by atoms with E-state index < -0.39 is 18.1 Å². The van der Waals surface area contributed by atoms with Gasteiger partial charge in [0.05, 0.1) is 13.7 Å². The smallest absolute Gasteiger partial charge is 0.497 e. The molecule has 18 heavy (non-hydrogen) atoms. The minimum atomic E-state index is -4.90. The predicted molar refractivity (Wildman–Crippen MR) is 55.6 cm³/mol. The van der Waals surface area contributed by atoms with Gasteiger partial charge in [-0.15, -0.1) is 13.2 Å². The van der Waals surface area contributed by atoms with Crippen molar-refractivity contribution in [1.29, 1.82) is 0 Å². The van der Waals surface area contributed by atoms with Crippen molar-refractivity contribution in [2.24, 2.45) is 0 Å². The molecule has 0 atom stereocenters. The molecule has 1 rings (SSSR count). The van der Waals surface area contributed by atoms with Crippen molar-refractivity contribution >= 4 is 5.97 Å². The average Bonchev–Trinajstić information content (AvgIpc) is 2.27. The Balaban J connectivity index is 3.12. The van der Waals surface area contributed by atoms with Crippen LogP contribution in [0.3, 0.4) is 0 Å². The Labute approximate surface area is 101 Å². The van der Waals surface area contributed by atoms with Gasteiger partial charge in [-0.3, -0.25) is 0 Å². The molecule has 0 heterocycles. The molecule has 1 aromatic carbocycles. The molecule has 0 aliphatic rings. The second-order valence-electron chi connectivity index (χ2n) is 3.13. The molecular formula is C11H11F3O4. The van der Waals surface area contributed by atoms with E-state index in [0.29, 0.717) is 0 Å². The third-order valence-electron chi connectivity index (χ3n) is 1.91. The summed E-state index contributed by atoms with van der Waals surface area (Å²) in [6, 6.07) is 3.47. The summed E-state index contributed by atoms with van der Waals surface area (Å²) in [5.41, 5.74) is -0.310. The quantitative estimate of drug-likeness (QED) is 0.784. The van der Waals surface area contributed by atoms with Crippen LogP contribution in [0.2, 0.25) is 0 Å². The number of hydrogen-bond donors (Lipinski definition) is 0. The van der Waals surface area contributed by atoms with E-state index in [1.54, 1.807) is 6.92 Å². The van der Waals surface area contributed by atoms with Crippen molar-refractivity contribution in [3.8, 4) is 11.5 Å². The molecule has 1 aromatic rings. The highest BCUT2D eigenvalue weighted by Crippen LogP contribution is 2.30. The standard InChI is InChI=1S/C11H11F3O4/c1-3-17-10(15)8-5-4-7(16-2)6-9(8)18-11(12,13)14/h4-6H,3H2,1-2H3. The highest BCUT2D eigenvalue weighted by molar-refractivity contribution is 5.92. The van der Waals surface area contributed by atoms with E-state index in [2.05, 4.69) is 9.47 Å². The molecule has 0 spiro atoms. The third-order valence-corrected chi connectivity index (χ3v) is 1.91. The van der Waals surface area contributed by atoms with Crippen LogP contribution in [0.4, 0.5) is 13.2 Å². The van der Waals surface area contributed by atoms with Gasteiger partial charge in [0, 0.05) is 6.07 Å². The van der Waals surface area contributed by atoms with Gasteiger partial charge in [0.15, 0.2) is 0 Å². The van der Waals surface area contributed by atoms with Crippen LogP contribution in [0.25, 0.3) is 0 Å². The maximum Gasteiger partial charge on any atom is 0.573 e. The van der Waals surface area contributed by atoms with Gasteiger partial charge >= 0.3 is 12.3 Å². The van der Waals surface area contributed by atoms with E-state index in [9.17, 15) is 18.0 Å². The highest BCUT2D eigenvalue weighted by Gasteiger charge is 2.33. The summed E-state index contributed by atoms with van der Waals surface area (Å²) in [7, 11) is 1.29. The summed E-state index contributed by atoms with van der Waals surface area (Å²) in [4.78, 5) is 11.4. The molecule has 7 heteroatoms. The van der Waals surface area contributed by atoms with Crippen molar-refractivity contribution in [2.45, 2.75) is 13.3 Å². The van der Waals surface area contributed by atoms with Crippen LogP contribution in [0.5, 0.6) is 11.5 Å². The fraction of sp³-hybridized carbons (Fsp3) is 0.364. The minimum absolute atomic E-state index is 0.0519. The molecule has 0 amide bonds. The SMILES string of the molecule is CCOC(=O)c1ccc(OC)cc1OC(F)(F)F. The highest BCUT2D eigenvalue weighted by atomic mass is 19.4. The summed E-state index contributed by atoms with van der Waals surface area (Å²) < 4.78 is 49.7. The molecule has 4 nitrogen and oxygen atoms in total. The van der Waals surface area contributed by atoms with Crippen LogP contribution in [-0.4, -0.2) is 26.0 Å². The second kappa shape index (κ2) is 5.61. The number of esters is 1. The fourth-order valence-electron chi connectivity index (χ4n) is 1.22. The lowest BCUT2D eigenvalue weighted by Gasteiger charge is -2.13. The van der Waals surface area contributed by atoms with Crippen LogP contribution in [-0.2, 0) is 4.74 Å². The molecule has 0 saturated heterocycles. The number of halogens is 3. The Hall–Kier alpha value is -1.92. The lowest BCUT2D eigenvalue weighted by Crippen LogP contribution is -2.19. The first kappa shape index (κ1) is 14.1. The predicted octanol–water partition coefficient (Wildman–Crippen LogP) is 2.77. The second-order valence-corrected chi connectivity index (χ2v) is 3.13. The molecule has 0 saturated carbocycles. The lowest BCUT2D eigenvalue weighted by atomic mass is 10.2. The van der Waals surface area contributed by atoms with Crippen molar-refractivity contribution in [3.63, 3.8) is 0 Å². The number of benzene rings is 1. The summed E-state index contributed by atoms with van der Waals surface area (Å²) in [6.45, 7) is 1.60. The summed E-state index contributed by atoms with van der Waals surface area (Å²) in [5.74, 6) is -1.40. The zero-order chi connectivity index (χ0) is 13.8. The zero-order valence-corrected chi connectivity index (χ0v) is 9.71. The minimum Gasteiger partial charge on any atom is -0.497 e. The molecule has 0 N–H and O–H groups in total. The van der Waals surface area contributed by atoms with Crippen LogP contribution >= 0.6 is 0 Å². The first-order valence-corrected chi connectivity index (χ1v) is 4.98. The third kappa shape index (κ3) is 3.83. The van der Waals surface area contributed by atoms with E-state index in [1.807, 2.05) is 0 Å². The van der Waals surface area contributed by atoms with Gasteiger partial charge in [-0.1, -0.05) is 0 Å². The van der Waals surface area contributed by atoms with Crippen LogP contribution < -0.4 is 9.47 Å². The molecule has 0 radical (unpaired) electrons. The summed E-state index contributed by atoms with van der Waals surface area (Å²) in [5, 5.41) is 0. The molecule has 0 aromatic heterocycles. The van der Waals surface area contributed by atoms with Crippen molar-refractivity contribution in [1.82, 2.24) is 0 Å². The molecule has 0 fully saturated rings. The van der Waals surface area contributed by atoms with E-state index >= 15 is 0 Å². The van der Waals surface area contributed by atoms with Gasteiger partial charge in [-0.05, 0) is 19.1 Å². The topological polar surface area (TPSA) is 44.8 Å². The molecule has 0 unspecified atom stereocenters. The maximum atomic E-state index is 12.2. The number of hydrogen-bond acceptors (Lipinski definition) is 4. The monoisotopic (exact) mass is 264 g/mol. The van der Waals surface area contributed by atoms with Crippen LogP contribution in [0, 0.1) is 0 Å². The summed E-state index contributed by atoms with van der Waals surface area (Å²) in [6.07, 6.45) is -4.90. The zero-order valence-electron chi connectivity index (χ0n) is 9.71. The number of carbonyl (C=O) groups is 1. The van der Waals surface area contributed by atoms with Gasteiger partial charge in [-0.2, -0.15) is 0 Å². The first-order valence-electron chi connectivity index (χ1n) is 4.98. The van der Waals surface area contributed by atoms with Crippen molar-refractivity contribution in [3.05, 3.63) is 23.8 Å². The Bertz CT molecular complexity index is 429. The van der Waals surface area contributed by atoms with E-state index in [0.717, 1.165) is 12.1 Å². The lowest BCUT2D eigenvalue weighted by molar-refractivity contribution is -0.274. The van der Waals surface area contributed by atoms with Gasteiger partial charge in [0.1, 0.15) is 17.1 Å². The molecule has 0 aliphatic carbocycles. The van der Waals surface area contributed by atoms with E-state index in [4.69, 9.17) is 4.74 Å². The number of methoxy groups -OCH3 is 1. The van der Waals surface area contributed by atoms with Gasteiger partial charge in [-0.25, -0.2) is 4.79 Å². The van der Waals surface area contributed by atoms with Gasteiger partial charge in [0.2, 0.25) is 0 Å². The van der Waals surface area contributed by atoms with Crippen LogP contribution in [0.1, 0.15) is 17.3 Å². The van der Waals surface area contributed by atoms with Gasteiger partial charge in [0.25, 0.3) is 0 Å². The number of rotatable bonds is 4. The van der Waals surface area contributed by atoms with Crippen molar-refractivity contribution in [2.75, 3.05) is 13.7 Å². The van der Waals surface area contributed by atoms with Crippen LogP contribution in [0.15, 0.2) is 18.2 Å². The van der Waals surface area contributed by atoms with E-state index in [-0.39, 0.29) is 17.9 Å². The molecular weight excluding hydrogens is 253 g/mol. The normalized spacial score (nSPS) is 10.9. The Morgan fingerprint density at radius 3 is 2.50 bits per heavy atom. The number of carbonyl (C=O) groups excluding carboxylic acids is 1. The number of alkyl halides is 3. The molecule has 100 valence electrons. The number of ether oxygens (including phenoxy) is 3. The van der Waals surface area contributed by atoms with E-state index in [1.165, 1.54) is 13.2 Å². The fourth-order valence-corrected chi connectivity index (χ4v) is 1.22. The maximum absolute atomic E-state index is 12.2. The van der Waals surface area contributed by atoms with Crippen molar-refractivity contribution < 1.29 is 32.2 Å². The first-order chi connectivity index (χ1) is 8.37. The molecule has 0 aliphatic heterocycles. The Kier molecular flexibility index (Phi) is 4.41.